The molecule has 6 atom stereocenters. The fourth-order valence-corrected chi connectivity index (χ4v) is 2.49. The lowest BCUT2D eigenvalue weighted by Crippen LogP contribution is -2.60. The van der Waals surface area contributed by atoms with Gasteiger partial charge in [0.1, 0.15) is 0 Å². The van der Waals surface area contributed by atoms with Gasteiger partial charge in [-0.3, -0.25) is 14.4 Å². The van der Waals surface area contributed by atoms with Gasteiger partial charge in [0.15, 0.2) is 18.3 Å². The molecule has 0 amide bonds. The van der Waals surface area contributed by atoms with Crippen molar-refractivity contribution < 1.29 is 47.3 Å². The Morgan fingerprint density at radius 1 is 0.913 bits per heavy atom. The van der Waals surface area contributed by atoms with Crippen LogP contribution in [0.2, 0.25) is 0 Å². The number of carbonyl (C=O) groups excluding carboxylic acids is 3. The van der Waals surface area contributed by atoms with Gasteiger partial charge in [0.05, 0.1) is 6.10 Å². The molecule has 1 unspecified atom stereocenters. The summed E-state index contributed by atoms with van der Waals surface area (Å²) < 4.78 is 36.0. The SMILES string of the molecule is CC(=O)O[C@H]1[C@H](OC(C)=O)[C@@H](O[P+](=O)O)O[C@@H](C)[C@H]1OC(C)=O. The highest BCUT2D eigenvalue weighted by Crippen LogP contribution is 2.33. The van der Waals surface area contributed by atoms with Gasteiger partial charge in [0, 0.05) is 25.3 Å². The van der Waals surface area contributed by atoms with Gasteiger partial charge in [0.25, 0.3) is 6.29 Å². The number of carbonyl (C=O) groups is 3. The minimum Gasteiger partial charge on any atom is -0.456 e. The molecule has 1 heterocycles. The van der Waals surface area contributed by atoms with Crippen LogP contribution in [0.1, 0.15) is 27.7 Å². The summed E-state index contributed by atoms with van der Waals surface area (Å²) in [5.41, 5.74) is 0. The molecule has 130 valence electrons. The summed E-state index contributed by atoms with van der Waals surface area (Å²) in [6, 6.07) is 0. The third-order valence-corrected chi connectivity index (χ3v) is 3.22. The molecular weight excluding hydrogens is 335 g/mol. The number of esters is 3. The molecular formula is C12H18O10P+. The van der Waals surface area contributed by atoms with Crippen LogP contribution < -0.4 is 0 Å². The normalized spacial score (nSPS) is 31.0. The first kappa shape index (κ1) is 19.4. The Hall–Kier alpha value is -1.61. The van der Waals surface area contributed by atoms with Crippen LogP contribution in [0, 0.1) is 0 Å². The van der Waals surface area contributed by atoms with Crippen LogP contribution in [0.25, 0.3) is 0 Å². The van der Waals surface area contributed by atoms with Crippen molar-refractivity contribution in [1.29, 1.82) is 0 Å². The van der Waals surface area contributed by atoms with Crippen molar-refractivity contribution in [3.8, 4) is 0 Å². The first-order valence-corrected chi connectivity index (χ1v) is 7.75. The average molecular weight is 353 g/mol. The molecule has 0 aromatic carbocycles. The summed E-state index contributed by atoms with van der Waals surface area (Å²) in [7, 11) is -3.08. The first-order chi connectivity index (χ1) is 10.6. The molecule has 0 aromatic heterocycles. The maximum absolute atomic E-state index is 11.3. The molecule has 0 aliphatic carbocycles. The quantitative estimate of drug-likeness (QED) is 0.414. The van der Waals surface area contributed by atoms with Crippen LogP contribution in [-0.4, -0.2) is 53.5 Å². The zero-order chi connectivity index (χ0) is 17.7. The average Bonchev–Trinajstić information content (AvgIpc) is 2.36. The van der Waals surface area contributed by atoms with Crippen LogP contribution in [-0.2, 0) is 42.4 Å². The summed E-state index contributed by atoms with van der Waals surface area (Å²) in [5, 5.41) is 0. The number of ether oxygens (including phenoxy) is 4. The van der Waals surface area contributed by atoms with E-state index < -0.39 is 56.9 Å². The highest BCUT2D eigenvalue weighted by atomic mass is 31.1. The van der Waals surface area contributed by atoms with Gasteiger partial charge in [-0.2, -0.15) is 0 Å². The molecule has 0 bridgehead atoms. The molecule has 0 spiro atoms. The maximum Gasteiger partial charge on any atom is 0.697 e. The standard InChI is InChI=1S/C12H17O10P/c1-5-9(19-6(2)13)10(20-7(3)14)11(21-8(4)15)12(18-5)22-23(16)17/h5,9-12H,1-4H3/p+1/t5-,9+,10+,11-,12+/m0/s1. The number of rotatable bonds is 5. The smallest absolute Gasteiger partial charge is 0.456 e. The topological polar surface area (TPSA) is 135 Å². The lowest BCUT2D eigenvalue weighted by atomic mass is 9.99. The van der Waals surface area contributed by atoms with Gasteiger partial charge in [-0.1, -0.05) is 4.52 Å². The van der Waals surface area contributed by atoms with Crippen LogP contribution in [0.4, 0.5) is 0 Å². The molecule has 1 N–H and O–H groups in total. The van der Waals surface area contributed by atoms with E-state index in [4.69, 9.17) is 23.8 Å². The molecule has 1 aliphatic heterocycles. The van der Waals surface area contributed by atoms with E-state index in [0.29, 0.717) is 0 Å². The van der Waals surface area contributed by atoms with E-state index in [2.05, 4.69) is 4.52 Å². The molecule has 0 aromatic rings. The Kier molecular flexibility index (Phi) is 7.01. The highest BCUT2D eigenvalue weighted by molar-refractivity contribution is 7.32. The predicted molar refractivity (Wildman–Crippen MR) is 71.9 cm³/mol. The zero-order valence-corrected chi connectivity index (χ0v) is 13.8. The monoisotopic (exact) mass is 353 g/mol. The second-order valence-electron chi connectivity index (χ2n) is 4.77. The lowest BCUT2D eigenvalue weighted by Gasteiger charge is -2.41. The van der Waals surface area contributed by atoms with E-state index in [1.54, 1.807) is 0 Å². The third kappa shape index (κ3) is 5.83. The van der Waals surface area contributed by atoms with Crippen molar-refractivity contribution in [2.45, 2.75) is 58.4 Å². The van der Waals surface area contributed by atoms with E-state index in [1.165, 1.54) is 6.92 Å². The molecule has 0 radical (unpaired) electrons. The van der Waals surface area contributed by atoms with Crippen molar-refractivity contribution in [2.24, 2.45) is 0 Å². The molecule has 23 heavy (non-hydrogen) atoms. The van der Waals surface area contributed by atoms with Crippen LogP contribution in [0.3, 0.4) is 0 Å². The third-order valence-electron chi connectivity index (χ3n) is 2.83. The van der Waals surface area contributed by atoms with Crippen molar-refractivity contribution in [2.75, 3.05) is 0 Å². The van der Waals surface area contributed by atoms with Gasteiger partial charge in [-0.15, -0.1) is 4.89 Å². The summed E-state index contributed by atoms with van der Waals surface area (Å²) in [6.45, 7) is 4.82. The van der Waals surface area contributed by atoms with Crippen LogP contribution >= 0.6 is 8.25 Å². The summed E-state index contributed by atoms with van der Waals surface area (Å²) in [4.78, 5) is 42.7. The minimum absolute atomic E-state index is 0.670. The Labute approximate surface area is 132 Å². The van der Waals surface area contributed by atoms with E-state index in [-0.39, 0.29) is 0 Å². The van der Waals surface area contributed by atoms with Gasteiger partial charge < -0.3 is 18.9 Å². The van der Waals surface area contributed by atoms with E-state index in [1.807, 2.05) is 0 Å². The Bertz CT molecular complexity index is 492. The van der Waals surface area contributed by atoms with Crippen molar-refractivity contribution in [3.05, 3.63) is 0 Å². The molecule has 10 nitrogen and oxygen atoms in total. The number of hydrogen-bond acceptors (Lipinski definition) is 9. The molecule has 1 saturated heterocycles. The molecule has 1 fully saturated rings. The fraction of sp³-hybridized carbons (Fsp3) is 0.750. The van der Waals surface area contributed by atoms with Crippen molar-refractivity contribution in [1.82, 2.24) is 0 Å². The van der Waals surface area contributed by atoms with Crippen molar-refractivity contribution in [3.63, 3.8) is 0 Å². The van der Waals surface area contributed by atoms with Crippen LogP contribution in [0.5, 0.6) is 0 Å². The van der Waals surface area contributed by atoms with Gasteiger partial charge >= 0.3 is 26.2 Å². The van der Waals surface area contributed by atoms with E-state index in [9.17, 15) is 18.9 Å². The van der Waals surface area contributed by atoms with E-state index >= 15 is 0 Å². The largest absolute Gasteiger partial charge is 0.697 e. The highest BCUT2D eigenvalue weighted by Gasteiger charge is 2.53. The van der Waals surface area contributed by atoms with Crippen molar-refractivity contribution >= 4 is 26.2 Å². The summed E-state index contributed by atoms with van der Waals surface area (Å²) >= 11 is 0. The maximum atomic E-state index is 11.3. The predicted octanol–water partition coefficient (Wildman–Crippen LogP) is 0.193. The van der Waals surface area contributed by atoms with Crippen LogP contribution in [0.15, 0.2) is 0 Å². The van der Waals surface area contributed by atoms with Gasteiger partial charge in [-0.25, -0.2) is 0 Å². The molecule has 0 saturated carbocycles. The van der Waals surface area contributed by atoms with Gasteiger partial charge in [0.2, 0.25) is 0 Å². The van der Waals surface area contributed by atoms with E-state index in [0.717, 1.165) is 20.8 Å². The second kappa shape index (κ2) is 8.30. The first-order valence-electron chi connectivity index (χ1n) is 6.61. The molecule has 1 aliphatic rings. The second-order valence-corrected chi connectivity index (χ2v) is 5.46. The Morgan fingerprint density at radius 2 is 1.35 bits per heavy atom. The lowest BCUT2D eigenvalue weighted by molar-refractivity contribution is -0.280. The Morgan fingerprint density at radius 3 is 1.78 bits per heavy atom. The minimum atomic E-state index is -3.08. The zero-order valence-electron chi connectivity index (χ0n) is 13.0. The molecule has 1 rings (SSSR count). The van der Waals surface area contributed by atoms with Gasteiger partial charge in [-0.05, 0) is 6.92 Å². The number of hydrogen-bond donors (Lipinski definition) is 1. The Balaban J connectivity index is 3.15. The summed E-state index contributed by atoms with van der Waals surface area (Å²) in [5.74, 6) is -2.17. The molecule has 11 heteroatoms. The summed E-state index contributed by atoms with van der Waals surface area (Å²) in [6.07, 6.45) is -6.06. The fourth-order valence-electron chi connectivity index (χ4n) is 2.14.